The number of aromatic nitrogens is 4. The molecule has 0 saturated heterocycles. The molecule has 8 heteroatoms. The van der Waals surface area contributed by atoms with Gasteiger partial charge in [-0.05, 0) is 42.0 Å². The van der Waals surface area contributed by atoms with Crippen molar-refractivity contribution in [2.24, 2.45) is 0 Å². The van der Waals surface area contributed by atoms with Gasteiger partial charge in [-0.1, -0.05) is 30.3 Å². The predicted molar refractivity (Wildman–Crippen MR) is 114 cm³/mol. The summed E-state index contributed by atoms with van der Waals surface area (Å²) in [6.07, 6.45) is 0. The number of methoxy groups -OCH3 is 1. The van der Waals surface area contributed by atoms with Crippen molar-refractivity contribution in [3.63, 3.8) is 0 Å². The Bertz CT molecular complexity index is 1490. The van der Waals surface area contributed by atoms with E-state index in [1.165, 1.54) is 23.8 Å². The number of phenolic OH excluding ortho intramolecular Hbond substituents is 1. The van der Waals surface area contributed by atoms with Crippen LogP contribution in [0.2, 0.25) is 0 Å². The largest absolute Gasteiger partial charge is 0.504 e. The van der Waals surface area contributed by atoms with Crippen LogP contribution in [0.5, 0.6) is 11.5 Å². The molecule has 2 heterocycles. The highest BCUT2D eigenvalue weighted by atomic mass is 19.1. The van der Waals surface area contributed by atoms with Crippen LogP contribution in [0.25, 0.3) is 28.1 Å². The first kappa shape index (κ1) is 18.8. The van der Waals surface area contributed by atoms with E-state index >= 15 is 0 Å². The molecular weight excluding hydrogens is 399 g/mol. The van der Waals surface area contributed by atoms with Crippen molar-refractivity contribution in [3.05, 3.63) is 88.5 Å². The molecule has 7 nitrogen and oxygen atoms in total. The first-order chi connectivity index (χ1) is 15.1. The Hall–Kier alpha value is -4.20. The Morgan fingerprint density at radius 3 is 2.55 bits per heavy atom. The molecule has 0 saturated carbocycles. The monoisotopic (exact) mass is 416 g/mol. The van der Waals surface area contributed by atoms with Crippen LogP contribution in [0.1, 0.15) is 5.56 Å². The molecule has 0 aliphatic rings. The van der Waals surface area contributed by atoms with Gasteiger partial charge in [0, 0.05) is 0 Å². The fourth-order valence-electron chi connectivity index (χ4n) is 3.72. The number of phenols is 1. The highest BCUT2D eigenvalue weighted by molar-refractivity contribution is 5.83. The van der Waals surface area contributed by atoms with Crippen LogP contribution in [0.15, 0.2) is 71.5 Å². The van der Waals surface area contributed by atoms with Gasteiger partial charge < -0.3 is 9.84 Å². The second-order valence-electron chi connectivity index (χ2n) is 7.05. The summed E-state index contributed by atoms with van der Waals surface area (Å²) in [7, 11) is 1.47. The third-order valence-corrected chi connectivity index (χ3v) is 5.22. The van der Waals surface area contributed by atoms with Crippen LogP contribution < -0.4 is 10.3 Å². The summed E-state index contributed by atoms with van der Waals surface area (Å²) in [6, 6.07) is 18.2. The summed E-state index contributed by atoms with van der Waals surface area (Å²) in [6.45, 7) is 0.190. The molecule has 31 heavy (non-hydrogen) atoms. The number of fused-ring (bicyclic) bond motifs is 3. The first-order valence-electron chi connectivity index (χ1n) is 9.56. The summed E-state index contributed by atoms with van der Waals surface area (Å²) in [5.74, 6) is 0.566. The second-order valence-corrected chi connectivity index (χ2v) is 7.05. The van der Waals surface area contributed by atoms with E-state index in [0.717, 1.165) is 5.56 Å². The first-order valence-corrected chi connectivity index (χ1v) is 9.56. The summed E-state index contributed by atoms with van der Waals surface area (Å²) < 4.78 is 21.8. The van der Waals surface area contributed by atoms with Crippen LogP contribution in [0.3, 0.4) is 0 Å². The third-order valence-electron chi connectivity index (χ3n) is 5.22. The van der Waals surface area contributed by atoms with E-state index in [9.17, 15) is 14.3 Å². The fraction of sp³-hybridized carbons (Fsp3) is 0.0870. The molecule has 0 amide bonds. The number of hydrogen-bond donors (Lipinski definition) is 1. The summed E-state index contributed by atoms with van der Waals surface area (Å²) >= 11 is 0. The normalized spacial score (nSPS) is 11.3. The summed E-state index contributed by atoms with van der Waals surface area (Å²) in [5.41, 5.74) is 1.54. The van der Waals surface area contributed by atoms with Gasteiger partial charge in [-0.15, -0.1) is 10.2 Å². The van der Waals surface area contributed by atoms with Gasteiger partial charge >= 0.3 is 0 Å². The van der Waals surface area contributed by atoms with Crippen LogP contribution in [0.4, 0.5) is 4.39 Å². The number of benzene rings is 3. The molecule has 0 spiro atoms. The SMILES string of the molecule is COc1cccc(-c2nnc3n(Cc4ccc(F)cc4)c(=O)c4ccccc4n23)c1O. The minimum Gasteiger partial charge on any atom is -0.504 e. The Balaban J connectivity index is 1.83. The van der Waals surface area contributed by atoms with Crippen molar-refractivity contribution in [3.8, 4) is 22.9 Å². The topological polar surface area (TPSA) is 81.7 Å². The smallest absolute Gasteiger partial charge is 0.263 e. The van der Waals surface area contributed by atoms with Crippen LogP contribution in [-0.2, 0) is 6.54 Å². The number of aromatic hydroxyl groups is 1. The molecule has 0 bridgehead atoms. The summed E-state index contributed by atoms with van der Waals surface area (Å²) in [5, 5.41) is 19.7. The van der Waals surface area contributed by atoms with Crippen molar-refractivity contribution in [2.75, 3.05) is 7.11 Å². The average Bonchev–Trinajstić information content (AvgIpc) is 3.23. The molecule has 1 N–H and O–H groups in total. The maximum absolute atomic E-state index is 13.3. The molecule has 0 atom stereocenters. The number of rotatable bonds is 4. The molecule has 154 valence electrons. The lowest BCUT2D eigenvalue weighted by Crippen LogP contribution is -2.24. The Morgan fingerprint density at radius 2 is 1.77 bits per heavy atom. The lowest BCUT2D eigenvalue weighted by Gasteiger charge is -2.12. The molecule has 2 aromatic heterocycles. The molecule has 0 unspecified atom stereocenters. The lowest BCUT2D eigenvalue weighted by molar-refractivity contribution is 0.374. The maximum Gasteiger partial charge on any atom is 0.263 e. The highest BCUT2D eigenvalue weighted by Crippen LogP contribution is 2.36. The number of hydrogen-bond acceptors (Lipinski definition) is 5. The molecular formula is C23H17FN4O3. The predicted octanol–water partition coefficient (Wildman–Crippen LogP) is 3.61. The van der Waals surface area contributed by atoms with Crippen LogP contribution in [0, 0.1) is 5.82 Å². The molecule has 0 aliphatic heterocycles. The van der Waals surface area contributed by atoms with Gasteiger partial charge in [-0.25, -0.2) is 4.39 Å². The number of halogens is 1. The Labute approximate surface area is 175 Å². The average molecular weight is 416 g/mol. The van der Waals surface area contributed by atoms with E-state index in [0.29, 0.717) is 33.8 Å². The van der Waals surface area contributed by atoms with Gasteiger partial charge in [-0.3, -0.25) is 13.8 Å². The minimum atomic E-state index is -0.349. The van der Waals surface area contributed by atoms with Gasteiger partial charge in [-0.2, -0.15) is 0 Å². The Kier molecular flexibility index (Phi) is 4.39. The molecule has 0 aliphatic carbocycles. The van der Waals surface area contributed by atoms with Gasteiger partial charge in [0.25, 0.3) is 5.56 Å². The van der Waals surface area contributed by atoms with E-state index in [2.05, 4.69) is 10.2 Å². The lowest BCUT2D eigenvalue weighted by atomic mass is 10.1. The van der Waals surface area contributed by atoms with Gasteiger partial charge in [0.2, 0.25) is 5.78 Å². The Morgan fingerprint density at radius 1 is 1.00 bits per heavy atom. The number of nitrogens with zero attached hydrogens (tertiary/aromatic N) is 4. The van der Waals surface area contributed by atoms with Gasteiger partial charge in [0.15, 0.2) is 17.3 Å². The molecule has 0 fully saturated rings. The maximum atomic E-state index is 13.3. The number of ether oxygens (including phenoxy) is 1. The second kappa shape index (κ2) is 7.24. The van der Waals surface area contributed by atoms with Crippen molar-refractivity contribution in [1.29, 1.82) is 0 Å². The van der Waals surface area contributed by atoms with Crippen molar-refractivity contribution >= 4 is 16.7 Å². The van der Waals surface area contributed by atoms with E-state index in [-0.39, 0.29) is 23.7 Å². The molecule has 0 radical (unpaired) electrons. The van der Waals surface area contributed by atoms with Crippen molar-refractivity contribution in [2.45, 2.75) is 6.54 Å². The molecule has 5 aromatic rings. The molecule has 3 aromatic carbocycles. The third kappa shape index (κ3) is 3.00. The zero-order valence-corrected chi connectivity index (χ0v) is 16.5. The van der Waals surface area contributed by atoms with Crippen LogP contribution in [-0.4, -0.2) is 31.4 Å². The van der Waals surface area contributed by atoms with Crippen molar-refractivity contribution < 1.29 is 14.2 Å². The van der Waals surface area contributed by atoms with Crippen LogP contribution >= 0.6 is 0 Å². The zero-order valence-electron chi connectivity index (χ0n) is 16.5. The van der Waals surface area contributed by atoms with Gasteiger partial charge in [0.05, 0.1) is 30.1 Å². The van der Waals surface area contributed by atoms with Crippen molar-refractivity contribution in [1.82, 2.24) is 19.2 Å². The highest BCUT2D eigenvalue weighted by Gasteiger charge is 2.20. The zero-order chi connectivity index (χ0) is 21.5. The molecule has 5 rings (SSSR count). The van der Waals surface area contributed by atoms with E-state index in [1.54, 1.807) is 52.9 Å². The van der Waals surface area contributed by atoms with E-state index in [4.69, 9.17) is 4.74 Å². The number of para-hydroxylation sites is 2. The van der Waals surface area contributed by atoms with Gasteiger partial charge in [0.1, 0.15) is 5.82 Å². The quantitative estimate of drug-likeness (QED) is 0.484. The standard InChI is InChI=1S/C23H17FN4O3/c1-31-19-8-4-6-17(20(19)29)21-25-26-23-27(13-14-9-11-15(24)12-10-14)22(30)16-5-2-3-7-18(16)28(21)23/h2-12,29H,13H2,1H3. The summed E-state index contributed by atoms with van der Waals surface area (Å²) in [4.78, 5) is 13.3. The van der Waals surface area contributed by atoms with E-state index in [1.807, 2.05) is 6.07 Å². The minimum absolute atomic E-state index is 0.0698. The van der Waals surface area contributed by atoms with E-state index < -0.39 is 0 Å². The fourth-order valence-corrected chi connectivity index (χ4v) is 3.72.